The van der Waals surface area contributed by atoms with Gasteiger partial charge in [0.15, 0.2) is 5.78 Å². The summed E-state index contributed by atoms with van der Waals surface area (Å²) in [7, 11) is 0. The molecule has 4 heteroatoms. The van der Waals surface area contributed by atoms with E-state index in [2.05, 4.69) is 6.92 Å². The van der Waals surface area contributed by atoms with Crippen LogP contribution in [0.3, 0.4) is 0 Å². The molecule has 0 unspecified atom stereocenters. The van der Waals surface area contributed by atoms with Crippen LogP contribution in [0.2, 0.25) is 5.02 Å². The van der Waals surface area contributed by atoms with E-state index in [0.717, 1.165) is 10.6 Å². The van der Waals surface area contributed by atoms with Crippen LogP contribution in [0.4, 0.5) is 5.69 Å². The lowest BCUT2D eigenvalue weighted by Crippen LogP contribution is -2.03. The zero-order valence-electron chi connectivity index (χ0n) is 10.5. The van der Waals surface area contributed by atoms with E-state index in [1.807, 2.05) is 6.07 Å². The zero-order valence-corrected chi connectivity index (χ0v) is 12.1. The summed E-state index contributed by atoms with van der Waals surface area (Å²) in [5, 5.41) is 0.569. The van der Waals surface area contributed by atoms with Gasteiger partial charge in [0.25, 0.3) is 0 Å². The number of halogens is 1. The molecule has 2 N–H and O–H groups in total. The molecule has 0 saturated carbocycles. The molecule has 0 heterocycles. The third-order valence-electron chi connectivity index (χ3n) is 2.66. The van der Waals surface area contributed by atoms with Crippen molar-refractivity contribution in [3.63, 3.8) is 0 Å². The molecule has 0 aliphatic rings. The molecule has 0 aliphatic heterocycles. The fourth-order valence-corrected chi connectivity index (χ4v) is 2.71. The monoisotopic (exact) mass is 291 g/mol. The van der Waals surface area contributed by atoms with E-state index in [1.54, 1.807) is 48.2 Å². The van der Waals surface area contributed by atoms with Crippen LogP contribution in [-0.4, -0.2) is 11.5 Å². The van der Waals surface area contributed by atoms with Gasteiger partial charge in [-0.05, 0) is 48.2 Å². The topological polar surface area (TPSA) is 43.1 Å². The van der Waals surface area contributed by atoms with Crippen molar-refractivity contribution in [1.82, 2.24) is 0 Å². The molecule has 2 rings (SSSR count). The molecule has 0 amide bonds. The lowest BCUT2D eigenvalue weighted by molar-refractivity contribution is 0.103. The number of nitrogen functional groups attached to an aromatic ring is 1. The molecule has 98 valence electrons. The second kappa shape index (κ2) is 6.13. The van der Waals surface area contributed by atoms with Crippen molar-refractivity contribution in [1.29, 1.82) is 0 Å². The van der Waals surface area contributed by atoms with Crippen molar-refractivity contribution >= 4 is 34.8 Å². The van der Waals surface area contributed by atoms with Gasteiger partial charge in [-0.3, -0.25) is 4.79 Å². The molecule has 19 heavy (non-hydrogen) atoms. The second-order valence-corrected chi connectivity index (χ2v) is 5.77. The van der Waals surface area contributed by atoms with Crippen LogP contribution in [0.1, 0.15) is 22.8 Å². The Balaban J connectivity index is 2.42. The van der Waals surface area contributed by atoms with Gasteiger partial charge >= 0.3 is 0 Å². The number of ketones is 1. The number of nitrogens with two attached hydrogens (primary N) is 1. The highest BCUT2D eigenvalue weighted by Gasteiger charge is 2.14. The van der Waals surface area contributed by atoms with Crippen molar-refractivity contribution < 1.29 is 4.79 Å². The van der Waals surface area contributed by atoms with E-state index >= 15 is 0 Å². The number of rotatable bonds is 4. The van der Waals surface area contributed by atoms with Gasteiger partial charge in [0.05, 0.1) is 0 Å². The Hall–Kier alpha value is -1.45. The molecular weight excluding hydrogens is 278 g/mol. The molecule has 0 bridgehead atoms. The molecule has 0 fully saturated rings. The number of benzene rings is 2. The number of hydrogen-bond donors (Lipinski definition) is 1. The molecule has 0 aliphatic carbocycles. The number of carbonyl (C=O) groups is 1. The summed E-state index contributed by atoms with van der Waals surface area (Å²) < 4.78 is 0. The van der Waals surface area contributed by atoms with Crippen LogP contribution in [0.25, 0.3) is 0 Å². The largest absolute Gasteiger partial charge is 0.399 e. The summed E-state index contributed by atoms with van der Waals surface area (Å²) in [5.41, 5.74) is 7.54. The Morgan fingerprint density at radius 3 is 2.53 bits per heavy atom. The smallest absolute Gasteiger partial charge is 0.194 e. The highest BCUT2D eigenvalue weighted by molar-refractivity contribution is 7.99. The predicted molar refractivity (Wildman–Crippen MR) is 82.1 cm³/mol. The third kappa shape index (κ3) is 3.31. The first kappa shape index (κ1) is 14.0. The van der Waals surface area contributed by atoms with Gasteiger partial charge in [0.1, 0.15) is 0 Å². The molecule has 2 nitrogen and oxygen atoms in total. The summed E-state index contributed by atoms with van der Waals surface area (Å²) in [6, 6.07) is 12.3. The molecule has 0 spiro atoms. The number of hydrogen-bond acceptors (Lipinski definition) is 3. The summed E-state index contributed by atoms with van der Waals surface area (Å²) in [6.07, 6.45) is 0. The van der Waals surface area contributed by atoms with Gasteiger partial charge in [-0.15, -0.1) is 11.8 Å². The second-order valence-electron chi connectivity index (χ2n) is 4.02. The van der Waals surface area contributed by atoms with Crippen molar-refractivity contribution in [2.24, 2.45) is 0 Å². The molecule has 0 atom stereocenters. The Labute approximate surface area is 122 Å². The third-order valence-corrected chi connectivity index (χ3v) is 3.85. The van der Waals surface area contributed by atoms with Gasteiger partial charge in [-0.2, -0.15) is 0 Å². The number of anilines is 1. The first-order valence-corrected chi connectivity index (χ1v) is 7.30. The lowest BCUT2D eigenvalue weighted by Gasteiger charge is -2.08. The predicted octanol–water partition coefficient (Wildman–Crippen LogP) is 4.27. The fraction of sp³-hybridized carbons (Fsp3) is 0.133. The van der Waals surface area contributed by atoms with Crippen molar-refractivity contribution in [2.45, 2.75) is 11.8 Å². The summed E-state index contributed by atoms with van der Waals surface area (Å²) in [4.78, 5) is 13.4. The zero-order chi connectivity index (χ0) is 13.8. The standard InChI is InChI=1S/C15H14ClNOS/c1-2-19-14-8-5-11(16)9-13(14)15(18)10-3-6-12(17)7-4-10/h3-9H,2,17H2,1H3. The first-order valence-electron chi connectivity index (χ1n) is 5.94. The van der Waals surface area contributed by atoms with E-state index < -0.39 is 0 Å². The van der Waals surface area contributed by atoms with Gasteiger partial charge in [0, 0.05) is 26.7 Å². The highest BCUT2D eigenvalue weighted by atomic mass is 35.5. The minimum atomic E-state index is -0.0292. The van der Waals surface area contributed by atoms with Crippen molar-refractivity contribution in [3.8, 4) is 0 Å². The van der Waals surface area contributed by atoms with Crippen molar-refractivity contribution in [3.05, 3.63) is 58.6 Å². The van der Waals surface area contributed by atoms with Crippen LogP contribution in [-0.2, 0) is 0 Å². The molecule has 2 aromatic carbocycles. The van der Waals surface area contributed by atoms with Gasteiger partial charge < -0.3 is 5.73 Å². The Bertz CT molecular complexity index is 596. The number of carbonyl (C=O) groups excluding carboxylic acids is 1. The molecular formula is C15H14ClNOS. The van der Waals surface area contributed by atoms with Gasteiger partial charge in [0.2, 0.25) is 0 Å². The molecule has 0 saturated heterocycles. The average molecular weight is 292 g/mol. The number of thioether (sulfide) groups is 1. The minimum absolute atomic E-state index is 0.0292. The van der Waals surface area contributed by atoms with Crippen LogP contribution in [0, 0.1) is 0 Å². The Kier molecular flexibility index (Phi) is 4.51. The van der Waals surface area contributed by atoms with E-state index in [9.17, 15) is 4.79 Å². The quantitative estimate of drug-likeness (QED) is 0.520. The van der Waals surface area contributed by atoms with E-state index in [4.69, 9.17) is 17.3 Å². The maximum absolute atomic E-state index is 12.5. The normalized spacial score (nSPS) is 10.4. The molecule has 2 aromatic rings. The minimum Gasteiger partial charge on any atom is -0.399 e. The first-order chi connectivity index (χ1) is 9.11. The van der Waals surface area contributed by atoms with E-state index in [-0.39, 0.29) is 5.78 Å². The fourth-order valence-electron chi connectivity index (χ4n) is 1.75. The Morgan fingerprint density at radius 1 is 1.21 bits per heavy atom. The van der Waals surface area contributed by atoms with Crippen LogP contribution in [0.15, 0.2) is 47.4 Å². The van der Waals surface area contributed by atoms with Crippen molar-refractivity contribution in [2.75, 3.05) is 11.5 Å². The average Bonchev–Trinajstić information content (AvgIpc) is 2.41. The van der Waals surface area contributed by atoms with E-state index in [0.29, 0.717) is 21.8 Å². The lowest BCUT2D eigenvalue weighted by atomic mass is 10.0. The summed E-state index contributed by atoms with van der Waals surface area (Å²) >= 11 is 7.62. The van der Waals surface area contributed by atoms with Gasteiger partial charge in [-0.1, -0.05) is 18.5 Å². The SMILES string of the molecule is CCSc1ccc(Cl)cc1C(=O)c1ccc(N)cc1. The van der Waals surface area contributed by atoms with E-state index in [1.165, 1.54) is 0 Å². The van der Waals surface area contributed by atoms with Gasteiger partial charge in [-0.25, -0.2) is 0 Å². The Morgan fingerprint density at radius 2 is 1.89 bits per heavy atom. The van der Waals surface area contributed by atoms with Crippen LogP contribution < -0.4 is 5.73 Å². The van der Waals surface area contributed by atoms with Crippen LogP contribution >= 0.6 is 23.4 Å². The maximum Gasteiger partial charge on any atom is 0.194 e. The molecule has 0 aromatic heterocycles. The highest BCUT2D eigenvalue weighted by Crippen LogP contribution is 2.27. The summed E-state index contributed by atoms with van der Waals surface area (Å²) in [6.45, 7) is 2.05. The maximum atomic E-state index is 12.5. The molecule has 0 radical (unpaired) electrons. The van der Waals surface area contributed by atoms with Crippen LogP contribution in [0.5, 0.6) is 0 Å². The summed E-state index contributed by atoms with van der Waals surface area (Å²) in [5.74, 6) is 0.877.